The molecule has 18 heavy (non-hydrogen) atoms. The van der Waals surface area contributed by atoms with Crippen molar-refractivity contribution in [2.75, 3.05) is 20.8 Å². The predicted molar refractivity (Wildman–Crippen MR) is 66.8 cm³/mol. The zero-order chi connectivity index (χ0) is 13.7. The van der Waals surface area contributed by atoms with Crippen molar-refractivity contribution in [2.45, 2.75) is 19.8 Å². The highest BCUT2D eigenvalue weighted by Crippen LogP contribution is 2.42. The number of carboxylic acids is 1. The minimum Gasteiger partial charge on any atom is -0.493 e. The monoisotopic (exact) mass is 254 g/mol. The molecule has 0 aromatic heterocycles. The fourth-order valence-corrected chi connectivity index (χ4v) is 1.68. The van der Waals surface area contributed by atoms with Gasteiger partial charge >= 0.3 is 5.97 Å². The van der Waals surface area contributed by atoms with Crippen LogP contribution in [-0.2, 0) is 4.79 Å². The van der Waals surface area contributed by atoms with Crippen molar-refractivity contribution in [3.05, 3.63) is 17.7 Å². The first-order valence-electron chi connectivity index (χ1n) is 5.67. The Morgan fingerprint density at radius 3 is 2.39 bits per heavy atom. The second kappa shape index (κ2) is 6.14. The maximum Gasteiger partial charge on any atom is 0.310 e. The van der Waals surface area contributed by atoms with E-state index >= 15 is 0 Å². The summed E-state index contributed by atoms with van der Waals surface area (Å²) in [5, 5.41) is 9.09. The van der Waals surface area contributed by atoms with Crippen molar-refractivity contribution in [3.63, 3.8) is 0 Å². The molecule has 1 atom stereocenters. The summed E-state index contributed by atoms with van der Waals surface area (Å²) in [7, 11) is 3.02. The molecule has 5 heteroatoms. The van der Waals surface area contributed by atoms with Gasteiger partial charge in [0.25, 0.3) is 0 Å². The zero-order valence-corrected chi connectivity index (χ0v) is 11.0. The predicted octanol–water partition coefficient (Wildman–Crippen LogP) is 2.29. The Kier molecular flexibility index (Phi) is 4.83. The van der Waals surface area contributed by atoms with E-state index in [9.17, 15) is 4.79 Å². The van der Waals surface area contributed by atoms with Gasteiger partial charge in [-0.1, -0.05) is 6.07 Å². The minimum absolute atomic E-state index is 0.420. The minimum atomic E-state index is -0.914. The normalized spacial score (nSPS) is 11.8. The summed E-state index contributed by atoms with van der Waals surface area (Å²) in [6.07, 6.45) is 0. The molecule has 5 nitrogen and oxygen atoms in total. The van der Waals surface area contributed by atoms with Gasteiger partial charge in [-0.15, -0.1) is 0 Å². The maximum atomic E-state index is 11.1. The summed E-state index contributed by atoms with van der Waals surface area (Å²) in [6, 6.07) is 3.36. The van der Waals surface area contributed by atoms with Crippen LogP contribution in [-0.4, -0.2) is 31.9 Å². The molecule has 100 valence electrons. The first-order chi connectivity index (χ1) is 8.56. The highest BCUT2D eigenvalue weighted by atomic mass is 16.5. The molecule has 0 saturated carbocycles. The molecule has 0 fully saturated rings. The number of hydrogen-bond acceptors (Lipinski definition) is 4. The molecule has 1 N–H and O–H groups in total. The molecular formula is C13H18O5. The molecule has 1 aromatic rings. The molecule has 0 amide bonds. The van der Waals surface area contributed by atoms with Gasteiger partial charge in [-0.25, -0.2) is 0 Å². The first kappa shape index (κ1) is 14.2. The van der Waals surface area contributed by atoms with Crippen molar-refractivity contribution < 1.29 is 24.1 Å². The van der Waals surface area contributed by atoms with Gasteiger partial charge in [0.05, 0.1) is 26.7 Å². The van der Waals surface area contributed by atoms with Crippen LogP contribution in [0.15, 0.2) is 12.1 Å². The van der Waals surface area contributed by atoms with E-state index in [0.29, 0.717) is 29.4 Å². The second-order valence-corrected chi connectivity index (χ2v) is 3.71. The van der Waals surface area contributed by atoms with Gasteiger partial charge in [-0.3, -0.25) is 4.79 Å². The lowest BCUT2D eigenvalue weighted by atomic mass is 9.99. The lowest BCUT2D eigenvalue weighted by Gasteiger charge is -2.18. The van der Waals surface area contributed by atoms with Gasteiger partial charge in [-0.05, 0) is 19.9 Å². The van der Waals surface area contributed by atoms with Gasteiger partial charge in [0.2, 0.25) is 5.75 Å². The average molecular weight is 254 g/mol. The molecule has 1 unspecified atom stereocenters. The number of benzene rings is 1. The molecule has 0 heterocycles. The number of rotatable bonds is 6. The number of methoxy groups -OCH3 is 2. The van der Waals surface area contributed by atoms with E-state index < -0.39 is 11.9 Å². The zero-order valence-electron chi connectivity index (χ0n) is 11.0. The Bertz CT molecular complexity index is 428. The Hall–Kier alpha value is -1.91. The van der Waals surface area contributed by atoms with Crippen LogP contribution in [0.1, 0.15) is 25.3 Å². The third-order valence-electron chi connectivity index (χ3n) is 2.66. The van der Waals surface area contributed by atoms with Gasteiger partial charge in [-0.2, -0.15) is 0 Å². The van der Waals surface area contributed by atoms with E-state index in [4.69, 9.17) is 19.3 Å². The topological polar surface area (TPSA) is 65.0 Å². The van der Waals surface area contributed by atoms with Crippen molar-refractivity contribution in [1.82, 2.24) is 0 Å². The van der Waals surface area contributed by atoms with Crippen molar-refractivity contribution in [2.24, 2.45) is 0 Å². The van der Waals surface area contributed by atoms with Crippen LogP contribution in [0.25, 0.3) is 0 Å². The number of ether oxygens (including phenoxy) is 3. The Balaban J connectivity index is 3.38. The molecule has 1 aromatic carbocycles. The van der Waals surface area contributed by atoms with E-state index in [1.165, 1.54) is 14.2 Å². The van der Waals surface area contributed by atoms with E-state index in [2.05, 4.69) is 0 Å². The third kappa shape index (κ3) is 2.67. The van der Waals surface area contributed by atoms with Gasteiger partial charge in [0.1, 0.15) is 0 Å². The number of carboxylic acid groups (broad SMARTS) is 1. The first-order valence-corrected chi connectivity index (χ1v) is 5.67. The molecule has 0 aliphatic heterocycles. The lowest BCUT2D eigenvalue weighted by molar-refractivity contribution is -0.138. The van der Waals surface area contributed by atoms with E-state index in [1.54, 1.807) is 19.1 Å². The molecule has 1 rings (SSSR count). The van der Waals surface area contributed by atoms with Crippen molar-refractivity contribution in [1.29, 1.82) is 0 Å². The summed E-state index contributed by atoms with van der Waals surface area (Å²) in [5.41, 5.74) is 0.571. The fourth-order valence-electron chi connectivity index (χ4n) is 1.68. The van der Waals surface area contributed by atoms with Gasteiger partial charge in [0.15, 0.2) is 11.5 Å². The highest BCUT2D eigenvalue weighted by molar-refractivity contribution is 5.78. The second-order valence-electron chi connectivity index (χ2n) is 3.71. The standard InChI is InChI=1S/C13H18O5/c1-5-18-11-9(8(2)13(14)15)6-7-10(16-3)12(11)17-4/h6-8H,5H2,1-4H3,(H,14,15). The molecule has 0 aliphatic carbocycles. The molecule has 0 radical (unpaired) electrons. The van der Waals surface area contributed by atoms with Gasteiger partial charge < -0.3 is 19.3 Å². The molecule has 0 bridgehead atoms. The van der Waals surface area contributed by atoms with Crippen LogP contribution >= 0.6 is 0 Å². The summed E-state index contributed by atoms with van der Waals surface area (Å²) in [4.78, 5) is 11.1. The summed E-state index contributed by atoms with van der Waals surface area (Å²) in [6.45, 7) is 3.85. The van der Waals surface area contributed by atoms with Crippen LogP contribution in [0.3, 0.4) is 0 Å². The Morgan fingerprint density at radius 2 is 1.94 bits per heavy atom. The van der Waals surface area contributed by atoms with Crippen LogP contribution in [0.2, 0.25) is 0 Å². The van der Waals surface area contributed by atoms with Crippen molar-refractivity contribution in [3.8, 4) is 17.2 Å². The maximum absolute atomic E-state index is 11.1. The highest BCUT2D eigenvalue weighted by Gasteiger charge is 2.23. The largest absolute Gasteiger partial charge is 0.493 e. The third-order valence-corrected chi connectivity index (χ3v) is 2.66. The average Bonchev–Trinajstić information content (AvgIpc) is 2.37. The lowest BCUT2D eigenvalue weighted by Crippen LogP contribution is -2.10. The number of carbonyl (C=O) groups is 1. The number of hydrogen-bond donors (Lipinski definition) is 1. The summed E-state index contributed by atoms with van der Waals surface area (Å²) < 4.78 is 15.9. The van der Waals surface area contributed by atoms with E-state index in [0.717, 1.165) is 0 Å². The van der Waals surface area contributed by atoms with Crippen molar-refractivity contribution >= 4 is 5.97 Å². The summed E-state index contributed by atoms with van der Waals surface area (Å²) in [5.74, 6) is -0.226. The summed E-state index contributed by atoms with van der Waals surface area (Å²) >= 11 is 0. The fraction of sp³-hybridized carbons (Fsp3) is 0.462. The van der Waals surface area contributed by atoms with E-state index in [-0.39, 0.29) is 0 Å². The molecule has 0 spiro atoms. The smallest absolute Gasteiger partial charge is 0.310 e. The Labute approximate surface area is 106 Å². The van der Waals surface area contributed by atoms with Crippen LogP contribution < -0.4 is 14.2 Å². The molecule has 0 saturated heterocycles. The quantitative estimate of drug-likeness (QED) is 0.843. The van der Waals surface area contributed by atoms with Crippen LogP contribution in [0, 0.1) is 0 Å². The van der Waals surface area contributed by atoms with Gasteiger partial charge in [0, 0.05) is 5.56 Å². The van der Waals surface area contributed by atoms with Crippen LogP contribution in [0.5, 0.6) is 17.2 Å². The van der Waals surface area contributed by atoms with Crippen LogP contribution in [0.4, 0.5) is 0 Å². The molecule has 0 aliphatic rings. The van der Waals surface area contributed by atoms with E-state index in [1.807, 2.05) is 6.92 Å². The Morgan fingerprint density at radius 1 is 1.28 bits per heavy atom. The number of aliphatic carboxylic acids is 1. The molecular weight excluding hydrogens is 236 g/mol. The SMILES string of the molecule is CCOc1c(C(C)C(=O)O)ccc(OC)c1OC.